The van der Waals surface area contributed by atoms with Crippen LogP contribution in [0, 0.1) is 6.92 Å². The molecule has 0 saturated carbocycles. The Labute approximate surface area is 102 Å². The van der Waals surface area contributed by atoms with E-state index in [-0.39, 0.29) is 6.04 Å². The van der Waals surface area contributed by atoms with Gasteiger partial charge in [-0.2, -0.15) is 0 Å². The van der Waals surface area contributed by atoms with E-state index in [1.54, 1.807) is 14.2 Å². The summed E-state index contributed by atoms with van der Waals surface area (Å²) in [5.74, 6) is 1.70. The van der Waals surface area contributed by atoms with Crippen molar-refractivity contribution in [2.75, 3.05) is 34.0 Å². The zero-order valence-corrected chi connectivity index (χ0v) is 10.6. The van der Waals surface area contributed by atoms with E-state index in [1.807, 2.05) is 19.1 Å². The second kappa shape index (κ2) is 5.38. The smallest absolute Gasteiger partial charge is 0.127 e. The molecule has 94 valence electrons. The van der Waals surface area contributed by atoms with Crippen LogP contribution in [0.15, 0.2) is 12.1 Å². The first-order valence-corrected chi connectivity index (χ1v) is 5.80. The molecule has 17 heavy (non-hydrogen) atoms. The maximum absolute atomic E-state index is 5.49. The van der Waals surface area contributed by atoms with Gasteiger partial charge >= 0.3 is 0 Å². The lowest BCUT2D eigenvalue weighted by Crippen LogP contribution is -2.35. The first-order chi connectivity index (χ1) is 8.26. The molecule has 4 heteroatoms. The van der Waals surface area contributed by atoms with Crippen molar-refractivity contribution in [3.8, 4) is 11.5 Å². The number of hydrogen-bond donors (Lipinski definition) is 1. The number of ether oxygens (including phenoxy) is 3. The molecule has 0 bridgehead atoms. The minimum absolute atomic E-state index is 0.134. The van der Waals surface area contributed by atoms with E-state index in [1.165, 1.54) is 0 Å². The predicted octanol–water partition coefficient (Wildman–Crippen LogP) is 1.67. The summed E-state index contributed by atoms with van der Waals surface area (Å²) in [6, 6.07) is 4.18. The second-order valence-electron chi connectivity index (χ2n) is 4.16. The number of hydrogen-bond acceptors (Lipinski definition) is 4. The van der Waals surface area contributed by atoms with E-state index in [0.29, 0.717) is 6.61 Å². The van der Waals surface area contributed by atoms with Gasteiger partial charge in [-0.25, -0.2) is 0 Å². The number of benzene rings is 1. The maximum atomic E-state index is 5.49. The largest absolute Gasteiger partial charge is 0.496 e. The molecule has 1 aromatic carbocycles. The number of methoxy groups -OCH3 is 2. The second-order valence-corrected chi connectivity index (χ2v) is 4.16. The SMILES string of the molecule is COc1cc(C)cc(OC)c1[C@@H]1COCCN1. The topological polar surface area (TPSA) is 39.7 Å². The van der Waals surface area contributed by atoms with Gasteiger partial charge in [0, 0.05) is 6.54 Å². The molecule has 0 radical (unpaired) electrons. The Hall–Kier alpha value is -1.26. The first kappa shape index (κ1) is 12.2. The lowest BCUT2D eigenvalue weighted by atomic mass is 10.0. The van der Waals surface area contributed by atoms with Crippen LogP contribution in [-0.2, 0) is 4.74 Å². The highest BCUT2D eigenvalue weighted by atomic mass is 16.5. The average Bonchev–Trinajstić information content (AvgIpc) is 2.38. The standard InChI is InChI=1S/C13H19NO3/c1-9-6-11(15-2)13(12(7-9)16-3)10-8-17-5-4-14-10/h6-7,10,14H,4-5,8H2,1-3H3/t10-/m0/s1. The third-order valence-electron chi connectivity index (χ3n) is 2.96. The van der Waals surface area contributed by atoms with Crippen LogP contribution in [0.25, 0.3) is 0 Å². The molecule has 1 heterocycles. The van der Waals surface area contributed by atoms with Gasteiger partial charge in [-0.1, -0.05) is 0 Å². The third-order valence-corrected chi connectivity index (χ3v) is 2.96. The van der Waals surface area contributed by atoms with Crippen LogP contribution in [0.4, 0.5) is 0 Å². The zero-order chi connectivity index (χ0) is 12.3. The molecule has 1 atom stereocenters. The van der Waals surface area contributed by atoms with E-state index >= 15 is 0 Å². The maximum Gasteiger partial charge on any atom is 0.127 e. The fraction of sp³-hybridized carbons (Fsp3) is 0.538. The number of morpholine rings is 1. The molecule has 0 unspecified atom stereocenters. The van der Waals surface area contributed by atoms with Crippen LogP contribution in [-0.4, -0.2) is 34.0 Å². The summed E-state index contributed by atoms with van der Waals surface area (Å²) in [6.07, 6.45) is 0. The number of aryl methyl sites for hydroxylation is 1. The Kier molecular flexibility index (Phi) is 3.86. The van der Waals surface area contributed by atoms with Gasteiger partial charge in [-0.15, -0.1) is 0 Å². The molecule has 2 rings (SSSR count). The summed E-state index contributed by atoms with van der Waals surface area (Å²) < 4.78 is 16.4. The third kappa shape index (κ3) is 2.53. The molecule has 1 aliphatic rings. The average molecular weight is 237 g/mol. The molecule has 0 aromatic heterocycles. The van der Waals surface area contributed by atoms with Crippen molar-refractivity contribution in [2.45, 2.75) is 13.0 Å². The highest BCUT2D eigenvalue weighted by molar-refractivity contribution is 5.50. The minimum Gasteiger partial charge on any atom is -0.496 e. The predicted molar refractivity (Wildman–Crippen MR) is 65.8 cm³/mol. The molecule has 1 aromatic rings. The fourth-order valence-corrected chi connectivity index (χ4v) is 2.16. The van der Waals surface area contributed by atoms with Gasteiger partial charge in [0.05, 0.1) is 39.0 Å². The molecule has 1 N–H and O–H groups in total. The summed E-state index contributed by atoms with van der Waals surface area (Å²) in [7, 11) is 3.36. The minimum atomic E-state index is 0.134. The van der Waals surface area contributed by atoms with Crippen molar-refractivity contribution < 1.29 is 14.2 Å². The normalized spacial score (nSPS) is 20.1. The highest BCUT2D eigenvalue weighted by Gasteiger charge is 2.23. The molecule has 1 fully saturated rings. The van der Waals surface area contributed by atoms with E-state index in [9.17, 15) is 0 Å². The van der Waals surface area contributed by atoms with Crippen molar-refractivity contribution >= 4 is 0 Å². The van der Waals surface area contributed by atoms with Crippen molar-refractivity contribution in [3.05, 3.63) is 23.3 Å². The van der Waals surface area contributed by atoms with Crippen molar-refractivity contribution in [1.82, 2.24) is 5.32 Å². The summed E-state index contributed by atoms with van der Waals surface area (Å²) in [5, 5.41) is 3.42. The molecule has 0 aliphatic carbocycles. The van der Waals surface area contributed by atoms with Gasteiger partial charge in [0.2, 0.25) is 0 Å². The monoisotopic (exact) mass is 237 g/mol. The Morgan fingerprint density at radius 3 is 2.35 bits per heavy atom. The molecule has 0 amide bonds. The van der Waals surface area contributed by atoms with Gasteiger partial charge in [0.25, 0.3) is 0 Å². The molecule has 0 spiro atoms. The van der Waals surface area contributed by atoms with Crippen LogP contribution >= 0.6 is 0 Å². The summed E-state index contributed by atoms with van der Waals surface area (Å²) in [5.41, 5.74) is 2.17. The van der Waals surface area contributed by atoms with Crippen molar-refractivity contribution in [2.24, 2.45) is 0 Å². The lowest BCUT2D eigenvalue weighted by molar-refractivity contribution is 0.0752. The quantitative estimate of drug-likeness (QED) is 0.868. The van der Waals surface area contributed by atoms with Gasteiger partial charge in [-0.3, -0.25) is 0 Å². The molecular formula is C13H19NO3. The van der Waals surface area contributed by atoms with Gasteiger partial charge in [-0.05, 0) is 24.6 Å². The van der Waals surface area contributed by atoms with E-state index in [4.69, 9.17) is 14.2 Å². The van der Waals surface area contributed by atoms with Crippen LogP contribution < -0.4 is 14.8 Å². The fourth-order valence-electron chi connectivity index (χ4n) is 2.16. The summed E-state index contributed by atoms with van der Waals surface area (Å²) in [4.78, 5) is 0. The molecular weight excluding hydrogens is 218 g/mol. The lowest BCUT2D eigenvalue weighted by Gasteiger charge is -2.27. The highest BCUT2D eigenvalue weighted by Crippen LogP contribution is 2.36. The Bertz CT molecular complexity index is 361. The van der Waals surface area contributed by atoms with Crippen LogP contribution in [0.3, 0.4) is 0 Å². The zero-order valence-electron chi connectivity index (χ0n) is 10.6. The van der Waals surface area contributed by atoms with Crippen molar-refractivity contribution in [1.29, 1.82) is 0 Å². The van der Waals surface area contributed by atoms with Gasteiger partial charge in [0.1, 0.15) is 11.5 Å². The molecule has 1 aliphatic heterocycles. The Balaban J connectivity index is 2.41. The van der Waals surface area contributed by atoms with Crippen molar-refractivity contribution in [3.63, 3.8) is 0 Å². The van der Waals surface area contributed by atoms with Crippen LogP contribution in [0.1, 0.15) is 17.2 Å². The van der Waals surface area contributed by atoms with Gasteiger partial charge in [0.15, 0.2) is 0 Å². The van der Waals surface area contributed by atoms with Gasteiger partial charge < -0.3 is 19.5 Å². The molecule has 1 saturated heterocycles. The summed E-state index contributed by atoms with van der Waals surface area (Å²) in [6.45, 7) is 4.28. The van der Waals surface area contributed by atoms with Crippen LogP contribution in [0.2, 0.25) is 0 Å². The van der Waals surface area contributed by atoms with E-state index < -0.39 is 0 Å². The number of nitrogens with one attached hydrogen (secondary N) is 1. The number of rotatable bonds is 3. The van der Waals surface area contributed by atoms with Crippen LogP contribution in [0.5, 0.6) is 11.5 Å². The molecule has 4 nitrogen and oxygen atoms in total. The first-order valence-electron chi connectivity index (χ1n) is 5.80. The Morgan fingerprint density at radius 1 is 1.24 bits per heavy atom. The van der Waals surface area contributed by atoms with E-state index in [0.717, 1.165) is 35.8 Å². The Morgan fingerprint density at radius 2 is 1.88 bits per heavy atom. The van der Waals surface area contributed by atoms with E-state index in [2.05, 4.69) is 5.32 Å². The summed E-state index contributed by atoms with van der Waals surface area (Å²) >= 11 is 0.